The highest BCUT2D eigenvalue weighted by atomic mass is 16.5. The third-order valence-electron chi connectivity index (χ3n) is 6.24. The molecule has 36 heavy (non-hydrogen) atoms. The number of hydrogen-bond donors (Lipinski definition) is 0. The maximum atomic E-state index is 13.0. The summed E-state index contributed by atoms with van der Waals surface area (Å²) in [6, 6.07) is 16.8. The average molecular weight is 486 g/mol. The van der Waals surface area contributed by atoms with Crippen LogP contribution >= 0.6 is 0 Å². The number of para-hydroxylation sites is 1. The molecule has 0 atom stereocenters. The van der Waals surface area contributed by atoms with Crippen molar-refractivity contribution in [3.8, 4) is 11.4 Å². The molecule has 0 bridgehead atoms. The van der Waals surface area contributed by atoms with Gasteiger partial charge in [-0.1, -0.05) is 24.3 Å². The molecule has 1 aromatic carbocycles. The predicted octanol–water partition coefficient (Wildman–Crippen LogP) is 2.85. The minimum atomic E-state index is -0.521. The summed E-state index contributed by atoms with van der Waals surface area (Å²) >= 11 is 0. The Bertz CT molecular complexity index is 1400. The molecule has 4 aromatic rings. The van der Waals surface area contributed by atoms with Crippen LogP contribution < -0.4 is 10.3 Å². The third kappa shape index (κ3) is 5.06. The lowest BCUT2D eigenvalue weighted by atomic mass is 10.1. The van der Waals surface area contributed by atoms with E-state index in [1.165, 1.54) is 13.2 Å². The summed E-state index contributed by atoms with van der Waals surface area (Å²) in [6.07, 6.45) is 6.06. The van der Waals surface area contributed by atoms with E-state index < -0.39 is 5.97 Å². The zero-order valence-electron chi connectivity index (χ0n) is 20.0. The third-order valence-corrected chi connectivity index (χ3v) is 6.24. The van der Waals surface area contributed by atoms with Crippen LogP contribution in [0, 0.1) is 0 Å². The summed E-state index contributed by atoms with van der Waals surface area (Å²) in [7, 11) is 1.33. The molecular weight excluding hydrogens is 458 g/mol. The lowest BCUT2D eigenvalue weighted by Gasteiger charge is -2.18. The lowest BCUT2D eigenvalue weighted by molar-refractivity contribution is 0.0592. The Morgan fingerprint density at radius 3 is 2.67 bits per heavy atom. The van der Waals surface area contributed by atoms with Gasteiger partial charge in [-0.3, -0.25) is 14.7 Å². The van der Waals surface area contributed by atoms with Crippen molar-refractivity contribution in [3.63, 3.8) is 0 Å². The molecule has 3 aromatic heterocycles. The molecule has 1 aliphatic rings. The fourth-order valence-electron chi connectivity index (χ4n) is 4.44. The minimum absolute atomic E-state index is 0.144. The molecule has 0 spiro atoms. The molecule has 0 amide bonds. The molecule has 0 N–H and O–H groups in total. The van der Waals surface area contributed by atoms with Crippen LogP contribution in [-0.4, -0.2) is 50.4 Å². The van der Waals surface area contributed by atoms with Crippen molar-refractivity contribution in [2.75, 3.05) is 20.2 Å². The molecule has 184 valence electrons. The first-order valence-corrected chi connectivity index (χ1v) is 11.8. The summed E-state index contributed by atoms with van der Waals surface area (Å²) in [6.45, 7) is 2.63. The largest absolute Gasteiger partial charge is 0.486 e. The molecular formula is C27H27N5O4. The van der Waals surface area contributed by atoms with Crippen molar-refractivity contribution >= 4 is 5.97 Å². The first kappa shape index (κ1) is 23.5. The fourth-order valence-corrected chi connectivity index (χ4v) is 4.44. The zero-order chi connectivity index (χ0) is 24.9. The summed E-state index contributed by atoms with van der Waals surface area (Å²) in [5, 5.41) is 4.49. The van der Waals surface area contributed by atoms with Crippen molar-refractivity contribution < 1.29 is 14.3 Å². The number of rotatable bonds is 7. The number of benzene rings is 1. The Morgan fingerprint density at radius 2 is 1.89 bits per heavy atom. The first-order chi connectivity index (χ1) is 17.6. The van der Waals surface area contributed by atoms with Gasteiger partial charge in [-0.2, -0.15) is 5.10 Å². The fraction of sp³-hybridized carbons (Fsp3) is 0.259. The van der Waals surface area contributed by atoms with E-state index in [9.17, 15) is 9.59 Å². The van der Waals surface area contributed by atoms with Crippen LogP contribution in [-0.2, 0) is 30.9 Å². The predicted molar refractivity (Wildman–Crippen MR) is 133 cm³/mol. The van der Waals surface area contributed by atoms with Crippen LogP contribution in [0.1, 0.15) is 27.3 Å². The van der Waals surface area contributed by atoms with E-state index in [-0.39, 0.29) is 17.9 Å². The molecule has 9 heteroatoms. The molecule has 0 saturated carbocycles. The molecule has 9 nitrogen and oxygen atoms in total. The molecule has 0 saturated heterocycles. The second kappa shape index (κ2) is 10.6. The smallest absolute Gasteiger partial charge is 0.343 e. The molecule has 0 unspecified atom stereocenters. The van der Waals surface area contributed by atoms with Gasteiger partial charge in [-0.15, -0.1) is 0 Å². The number of carbonyl (C=O) groups is 1. The average Bonchev–Trinajstić information content (AvgIpc) is 3.28. The highest BCUT2D eigenvalue weighted by Gasteiger charge is 2.26. The molecule has 0 fully saturated rings. The quantitative estimate of drug-likeness (QED) is 0.372. The van der Waals surface area contributed by atoms with Gasteiger partial charge in [0, 0.05) is 62.3 Å². The standard InChI is InChI=1S/C27H27N5O4/c1-35-27(34)26-23-10-12-30(17-20-16-29-32(18-20)22-8-3-2-4-9-22)13-14-31(23)25(33)15-24(26)36-19-21-7-5-6-11-28-21/h2-9,11,15-16,18H,10,12-14,17,19H2,1H3. The minimum Gasteiger partial charge on any atom is -0.486 e. The molecule has 0 radical (unpaired) electrons. The molecule has 5 rings (SSSR count). The number of fused-ring (bicyclic) bond motifs is 1. The highest BCUT2D eigenvalue weighted by molar-refractivity contribution is 5.93. The van der Waals surface area contributed by atoms with E-state index in [4.69, 9.17) is 9.47 Å². The van der Waals surface area contributed by atoms with Gasteiger partial charge in [0.05, 0.1) is 24.7 Å². The summed E-state index contributed by atoms with van der Waals surface area (Å²) in [5.41, 5.74) is 3.50. The van der Waals surface area contributed by atoms with Crippen LogP contribution in [0.15, 0.2) is 78.0 Å². The van der Waals surface area contributed by atoms with Gasteiger partial charge in [-0.05, 0) is 24.3 Å². The van der Waals surface area contributed by atoms with E-state index in [0.29, 0.717) is 49.6 Å². The number of hydrogen-bond acceptors (Lipinski definition) is 7. The Balaban J connectivity index is 1.36. The van der Waals surface area contributed by atoms with Gasteiger partial charge in [-0.25, -0.2) is 9.48 Å². The maximum absolute atomic E-state index is 13.0. The van der Waals surface area contributed by atoms with Gasteiger partial charge < -0.3 is 14.0 Å². The van der Waals surface area contributed by atoms with E-state index in [2.05, 4.69) is 15.0 Å². The summed E-state index contributed by atoms with van der Waals surface area (Å²) in [4.78, 5) is 32.3. The normalized spacial score (nSPS) is 13.6. The number of aromatic nitrogens is 4. The Morgan fingerprint density at radius 1 is 1.06 bits per heavy atom. The molecule has 0 aliphatic carbocycles. The van der Waals surface area contributed by atoms with Crippen LogP contribution in [0.25, 0.3) is 5.69 Å². The zero-order valence-corrected chi connectivity index (χ0v) is 20.0. The number of ether oxygens (including phenoxy) is 2. The van der Waals surface area contributed by atoms with E-state index in [0.717, 1.165) is 11.3 Å². The Kier molecular flexibility index (Phi) is 6.90. The number of methoxy groups -OCH3 is 1. The van der Waals surface area contributed by atoms with Crippen LogP contribution in [0.2, 0.25) is 0 Å². The first-order valence-electron chi connectivity index (χ1n) is 11.8. The number of esters is 1. The van der Waals surface area contributed by atoms with Crippen molar-refractivity contribution in [1.29, 1.82) is 0 Å². The van der Waals surface area contributed by atoms with Crippen LogP contribution in [0.3, 0.4) is 0 Å². The van der Waals surface area contributed by atoms with E-state index >= 15 is 0 Å². The Hall–Kier alpha value is -4.24. The number of nitrogens with zero attached hydrogens (tertiary/aromatic N) is 5. The van der Waals surface area contributed by atoms with Gasteiger partial charge in [0.25, 0.3) is 5.56 Å². The maximum Gasteiger partial charge on any atom is 0.343 e. The van der Waals surface area contributed by atoms with Crippen molar-refractivity contribution in [3.05, 3.63) is 106 Å². The SMILES string of the molecule is COC(=O)c1c(OCc2ccccn2)cc(=O)n2c1CCN(Cc1cnn(-c3ccccc3)c1)CC2. The van der Waals surface area contributed by atoms with Gasteiger partial charge in [0.1, 0.15) is 17.9 Å². The van der Waals surface area contributed by atoms with Crippen LogP contribution in [0.5, 0.6) is 5.75 Å². The van der Waals surface area contributed by atoms with E-state index in [1.807, 2.05) is 65.6 Å². The van der Waals surface area contributed by atoms with Crippen molar-refractivity contribution in [1.82, 2.24) is 24.2 Å². The van der Waals surface area contributed by atoms with Crippen molar-refractivity contribution in [2.45, 2.75) is 26.1 Å². The number of pyridine rings is 2. The van der Waals surface area contributed by atoms with Gasteiger partial charge in [0.2, 0.25) is 0 Å². The number of carbonyl (C=O) groups excluding carboxylic acids is 1. The Labute approximate surface area is 208 Å². The summed E-state index contributed by atoms with van der Waals surface area (Å²) < 4.78 is 14.5. The van der Waals surface area contributed by atoms with Gasteiger partial charge in [0.15, 0.2) is 0 Å². The summed E-state index contributed by atoms with van der Waals surface area (Å²) in [5.74, 6) is -0.298. The van der Waals surface area contributed by atoms with Gasteiger partial charge >= 0.3 is 5.97 Å². The highest BCUT2D eigenvalue weighted by Crippen LogP contribution is 2.25. The van der Waals surface area contributed by atoms with Crippen LogP contribution in [0.4, 0.5) is 0 Å². The van der Waals surface area contributed by atoms with Crippen molar-refractivity contribution in [2.24, 2.45) is 0 Å². The van der Waals surface area contributed by atoms with E-state index in [1.54, 1.807) is 10.8 Å². The molecule has 1 aliphatic heterocycles. The lowest BCUT2D eigenvalue weighted by Crippen LogP contribution is -2.29. The topological polar surface area (TPSA) is 91.5 Å². The monoisotopic (exact) mass is 485 g/mol. The second-order valence-electron chi connectivity index (χ2n) is 8.58. The second-order valence-corrected chi connectivity index (χ2v) is 8.58. The molecule has 4 heterocycles.